The van der Waals surface area contributed by atoms with E-state index >= 15 is 0 Å². The predicted octanol–water partition coefficient (Wildman–Crippen LogP) is 3.39. The summed E-state index contributed by atoms with van der Waals surface area (Å²) in [5.41, 5.74) is -0.641. The Balaban J connectivity index is 2.60. The monoisotopic (exact) mass is 312 g/mol. The Morgan fingerprint density at radius 3 is 2.55 bits per heavy atom. The van der Waals surface area contributed by atoms with E-state index in [9.17, 15) is 13.2 Å². The molecule has 118 valence electrons. The van der Waals surface area contributed by atoms with Gasteiger partial charge in [-0.25, -0.2) is 4.98 Å². The van der Waals surface area contributed by atoms with Crippen LogP contribution < -0.4 is 10.1 Å². The Morgan fingerprint density at radius 1 is 1.23 bits per heavy atom. The van der Waals surface area contributed by atoms with Gasteiger partial charge in [-0.15, -0.1) is 0 Å². The van der Waals surface area contributed by atoms with Gasteiger partial charge >= 0.3 is 6.18 Å². The molecule has 0 atom stereocenters. The van der Waals surface area contributed by atoms with E-state index < -0.39 is 17.6 Å². The number of halogens is 3. The maximum absolute atomic E-state index is 13.2. The summed E-state index contributed by atoms with van der Waals surface area (Å²) in [5.74, 6) is -0.757. The Bertz CT molecular complexity index is 632. The molecule has 5 nitrogen and oxygen atoms in total. The summed E-state index contributed by atoms with van der Waals surface area (Å²) in [6.07, 6.45) is -2.45. The van der Waals surface area contributed by atoms with Crippen LogP contribution in [0.5, 0.6) is 5.88 Å². The molecule has 0 unspecified atom stereocenters. The summed E-state index contributed by atoms with van der Waals surface area (Å²) >= 11 is 0. The number of nitrogens with one attached hydrogen (secondary N) is 1. The molecule has 2 aromatic heterocycles. The highest BCUT2D eigenvalue weighted by molar-refractivity contribution is 5.59. The number of ether oxygens (including phenoxy) is 1. The third-order valence-electron chi connectivity index (χ3n) is 2.79. The zero-order chi connectivity index (χ0) is 16.2. The lowest BCUT2D eigenvalue weighted by Crippen LogP contribution is -2.16. The number of alkyl halides is 3. The normalized spacial score (nSPS) is 11.3. The van der Waals surface area contributed by atoms with E-state index in [0.29, 0.717) is 18.7 Å². The Kier molecular flexibility index (Phi) is 4.79. The molecule has 2 rings (SSSR count). The van der Waals surface area contributed by atoms with E-state index in [-0.39, 0.29) is 11.6 Å². The lowest BCUT2D eigenvalue weighted by Gasteiger charge is -2.17. The van der Waals surface area contributed by atoms with Crippen LogP contribution in [0, 0.1) is 0 Å². The van der Waals surface area contributed by atoms with Gasteiger partial charge in [0.1, 0.15) is 11.5 Å². The molecule has 0 aliphatic carbocycles. The summed E-state index contributed by atoms with van der Waals surface area (Å²) < 4.78 is 44.5. The molecule has 2 heterocycles. The van der Waals surface area contributed by atoms with Gasteiger partial charge in [-0.05, 0) is 18.6 Å². The number of hydrogen-bond acceptors (Lipinski definition) is 5. The van der Waals surface area contributed by atoms with Crippen LogP contribution in [0.3, 0.4) is 0 Å². The molecule has 0 aliphatic heterocycles. The molecular formula is C14H15F3N4O. The van der Waals surface area contributed by atoms with Crippen LogP contribution in [0.25, 0.3) is 11.5 Å². The number of methoxy groups -OCH3 is 1. The third kappa shape index (κ3) is 3.44. The van der Waals surface area contributed by atoms with Crippen molar-refractivity contribution in [1.29, 1.82) is 0 Å². The van der Waals surface area contributed by atoms with Crippen molar-refractivity contribution in [2.24, 2.45) is 0 Å². The van der Waals surface area contributed by atoms with Gasteiger partial charge in [0.05, 0.1) is 7.11 Å². The largest absolute Gasteiger partial charge is 0.480 e. The summed E-state index contributed by atoms with van der Waals surface area (Å²) in [7, 11) is 1.14. The van der Waals surface area contributed by atoms with Gasteiger partial charge in [0.2, 0.25) is 5.88 Å². The van der Waals surface area contributed by atoms with Crippen molar-refractivity contribution in [3.63, 3.8) is 0 Å². The van der Waals surface area contributed by atoms with Gasteiger partial charge in [0.15, 0.2) is 11.4 Å². The molecular weight excluding hydrogens is 297 g/mol. The minimum absolute atomic E-state index is 0.0732. The van der Waals surface area contributed by atoms with Crippen LogP contribution in [0.1, 0.15) is 18.9 Å². The van der Waals surface area contributed by atoms with E-state index in [2.05, 4.69) is 20.3 Å². The molecule has 22 heavy (non-hydrogen) atoms. The minimum Gasteiger partial charge on any atom is -0.480 e. The first-order valence-electron chi connectivity index (χ1n) is 6.65. The predicted molar refractivity (Wildman–Crippen MR) is 75.6 cm³/mol. The summed E-state index contributed by atoms with van der Waals surface area (Å²) in [6, 6.07) is 5.02. The van der Waals surface area contributed by atoms with Crippen molar-refractivity contribution in [2.45, 2.75) is 19.5 Å². The molecule has 0 spiro atoms. The number of pyridine rings is 1. The number of rotatable bonds is 5. The number of anilines is 1. The maximum atomic E-state index is 13.2. The fourth-order valence-electron chi connectivity index (χ4n) is 1.82. The van der Waals surface area contributed by atoms with Gasteiger partial charge in [-0.2, -0.15) is 18.2 Å². The second-order valence-electron chi connectivity index (χ2n) is 4.42. The highest BCUT2D eigenvalue weighted by Gasteiger charge is 2.40. The Hall–Kier alpha value is -2.38. The number of aromatic nitrogens is 3. The zero-order valence-corrected chi connectivity index (χ0v) is 12.1. The molecule has 0 saturated heterocycles. The van der Waals surface area contributed by atoms with E-state index in [1.807, 2.05) is 6.92 Å². The second-order valence-corrected chi connectivity index (χ2v) is 4.42. The first kappa shape index (κ1) is 16.0. The molecule has 0 fully saturated rings. The summed E-state index contributed by atoms with van der Waals surface area (Å²) in [6.45, 7) is 2.20. The quantitative estimate of drug-likeness (QED) is 0.917. The van der Waals surface area contributed by atoms with Crippen molar-refractivity contribution in [3.8, 4) is 17.4 Å². The molecule has 0 amide bonds. The van der Waals surface area contributed by atoms with Crippen LogP contribution in [0.4, 0.5) is 19.0 Å². The number of nitrogens with zero attached hydrogens (tertiary/aromatic N) is 3. The van der Waals surface area contributed by atoms with Gasteiger partial charge in [-0.3, -0.25) is 4.98 Å². The first-order chi connectivity index (χ1) is 10.5. The highest BCUT2D eigenvalue weighted by Crippen LogP contribution is 2.40. The standard InChI is InChI=1S/C14H15F3N4O/c1-3-7-19-12-10(14(15,16)17)13(22-2)21-11(20-12)9-6-4-5-8-18-9/h4-6,8H,3,7H2,1-2H3,(H,19,20,21). The van der Waals surface area contributed by atoms with Crippen LogP contribution in [-0.4, -0.2) is 28.6 Å². The average molecular weight is 312 g/mol. The zero-order valence-electron chi connectivity index (χ0n) is 12.1. The van der Waals surface area contributed by atoms with E-state index in [1.54, 1.807) is 18.2 Å². The third-order valence-corrected chi connectivity index (χ3v) is 2.79. The van der Waals surface area contributed by atoms with Crippen LogP contribution in [0.2, 0.25) is 0 Å². The van der Waals surface area contributed by atoms with Gasteiger partial charge in [0.25, 0.3) is 0 Å². The van der Waals surface area contributed by atoms with Gasteiger partial charge in [0, 0.05) is 12.7 Å². The smallest absolute Gasteiger partial charge is 0.425 e. The SMILES string of the molecule is CCCNc1nc(-c2ccccn2)nc(OC)c1C(F)(F)F. The molecule has 0 saturated carbocycles. The lowest BCUT2D eigenvalue weighted by molar-refractivity contribution is -0.138. The van der Waals surface area contributed by atoms with Crippen molar-refractivity contribution < 1.29 is 17.9 Å². The number of hydrogen-bond donors (Lipinski definition) is 1. The molecule has 8 heteroatoms. The molecule has 0 bridgehead atoms. The van der Waals surface area contributed by atoms with Gasteiger partial charge < -0.3 is 10.1 Å². The Morgan fingerprint density at radius 2 is 2.00 bits per heavy atom. The fraction of sp³-hybridized carbons (Fsp3) is 0.357. The molecule has 1 N–H and O–H groups in total. The van der Waals surface area contributed by atoms with Crippen LogP contribution in [-0.2, 0) is 6.18 Å². The van der Waals surface area contributed by atoms with E-state index in [0.717, 1.165) is 7.11 Å². The van der Waals surface area contributed by atoms with Crippen LogP contribution >= 0.6 is 0 Å². The first-order valence-corrected chi connectivity index (χ1v) is 6.65. The van der Waals surface area contributed by atoms with Crippen molar-refractivity contribution in [2.75, 3.05) is 19.0 Å². The van der Waals surface area contributed by atoms with Gasteiger partial charge in [-0.1, -0.05) is 13.0 Å². The second kappa shape index (κ2) is 6.59. The molecule has 0 aromatic carbocycles. The van der Waals surface area contributed by atoms with Crippen molar-refractivity contribution in [3.05, 3.63) is 30.0 Å². The van der Waals surface area contributed by atoms with E-state index in [4.69, 9.17) is 4.74 Å². The summed E-state index contributed by atoms with van der Waals surface area (Å²) in [5, 5.41) is 2.68. The van der Waals surface area contributed by atoms with E-state index in [1.165, 1.54) is 6.20 Å². The molecule has 0 aliphatic rings. The molecule has 0 radical (unpaired) electrons. The maximum Gasteiger partial charge on any atom is 0.425 e. The summed E-state index contributed by atoms with van der Waals surface area (Å²) in [4.78, 5) is 11.9. The van der Waals surface area contributed by atoms with Crippen molar-refractivity contribution in [1.82, 2.24) is 15.0 Å². The minimum atomic E-state index is -4.62. The highest BCUT2D eigenvalue weighted by atomic mass is 19.4. The fourth-order valence-corrected chi connectivity index (χ4v) is 1.82. The Labute approximate surface area is 125 Å². The van der Waals surface area contributed by atoms with Crippen molar-refractivity contribution >= 4 is 5.82 Å². The average Bonchev–Trinajstić information content (AvgIpc) is 2.51. The molecule has 2 aromatic rings. The topological polar surface area (TPSA) is 59.9 Å². The van der Waals surface area contributed by atoms with Crippen LogP contribution in [0.15, 0.2) is 24.4 Å². The lowest BCUT2D eigenvalue weighted by atomic mass is 10.2.